The van der Waals surface area contributed by atoms with Crippen LogP contribution in [0.5, 0.6) is 5.75 Å². The number of ether oxygens (including phenoxy) is 1. The number of rotatable bonds is 5. The van der Waals surface area contributed by atoms with Crippen LogP contribution in [-0.2, 0) is 4.79 Å². The zero-order valence-corrected chi connectivity index (χ0v) is 12.9. The predicted molar refractivity (Wildman–Crippen MR) is 81.1 cm³/mol. The van der Waals surface area contributed by atoms with E-state index < -0.39 is 18.0 Å². The average molecular weight is 293 g/mol. The number of nitrogens with two attached hydrogens (primary N) is 1. The van der Waals surface area contributed by atoms with Crippen LogP contribution < -0.4 is 21.1 Å². The molecule has 1 aromatic carbocycles. The van der Waals surface area contributed by atoms with Gasteiger partial charge in [0.15, 0.2) is 6.10 Å². The van der Waals surface area contributed by atoms with Gasteiger partial charge in [0.1, 0.15) is 5.75 Å². The lowest BCUT2D eigenvalue weighted by Crippen LogP contribution is -2.45. The molecular weight excluding hydrogens is 270 g/mol. The smallest absolute Gasteiger partial charge is 0.321 e. The van der Waals surface area contributed by atoms with E-state index in [9.17, 15) is 9.59 Å². The molecule has 0 spiro atoms. The second kappa shape index (κ2) is 7.64. The summed E-state index contributed by atoms with van der Waals surface area (Å²) in [6.07, 6.45) is -0.798. The van der Waals surface area contributed by atoms with Gasteiger partial charge < -0.3 is 15.8 Å². The van der Waals surface area contributed by atoms with E-state index in [1.54, 1.807) is 19.9 Å². The number of urea groups is 1. The van der Waals surface area contributed by atoms with Gasteiger partial charge >= 0.3 is 6.03 Å². The molecule has 21 heavy (non-hydrogen) atoms. The number of amides is 3. The Bertz CT molecular complexity index is 515. The Kier molecular flexibility index (Phi) is 6.17. The minimum absolute atomic E-state index is 0.210. The van der Waals surface area contributed by atoms with Crippen molar-refractivity contribution in [1.82, 2.24) is 10.6 Å². The Hall–Kier alpha value is -2.08. The van der Waals surface area contributed by atoms with Crippen molar-refractivity contribution in [3.8, 4) is 5.75 Å². The van der Waals surface area contributed by atoms with E-state index in [0.29, 0.717) is 12.3 Å². The van der Waals surface area contributed by atoms with Gasteiger partial charge in [-0.2, -0.15) is 0 Å². The third-order valence-electron chi connectivity index (χ3n) is 2.90. The number of benzene rings is 1. The maximum Gasteiger partial charge on any atom is 0.321 e. The molecule has 0 fully saturated rings. The van der Waals surface area contributed by atoms with Crippen LogP contribution in [0.4, 0.5) is 4.79 Å². The van der Waals surface area contributed by atoms with E-state index in [-0.39, 0.29) is 6.04 Å². The van der Waals surface area contributed by atoms with Gasteiger partial charge in [-0.1, -0.05) is 17.7 Å². The SMILES string of the molecule is CCNC(=O)NC(=O)C(C)Oc1ccc(C)cc1[C@H](C)N. The second-order valence-electron chi connectivity index (χ2n) is 4.94. The molecule has 0 bridgehead atoms. The monoisotopic (exact) mass is 293 g/mol. The minimum Gasteiger partial charge on any atom is -0.481 e. The first-order valence-corrected chi connectivity index (χ1v) is 6.96. The van der Waals surface area contributed by atoms with E-state index in [2.05, 4.69) is 10.6 Å². The summed E-state index contributed by atoms with van der Waals surface area (Å²) in [5.41, 5.74) is 7.80. The number of carbonyl (C=O) groups is 2. The molecule has 1 rings (SSSR count). The number of nitrogens with one attached hydrogen (secondary N) is 2. The van der Waals surface area contributed by atoms with Crippen LogP contribution in [0, 0.1) is 6.92 Å². The maximum atomic E-state index is 11.9. The summed E-state index contributed by atoms with van der Waals surface area (Å²) in [5, 5.41) is 4.70. The maximum absolute atomic E-state index is 11.9. The predicted octanol–water partition coefficient (Wildman–Crippen LogP) is 1.63. The van der Waals surface area contributed by atoms with Crippen LogP contribution in [0.3, 0.4) is 0 Å². The van der Waals surface area contributed by atoms with Gasteiger partial charge in [0.05, 0.1) is 0 Å². The van der Waals surface area contributed by atoms with Crippen molar-refractivity contribution in [1.29, 1.82) is 0 Å². The Labute approximate surface area is 125 Å². The molecule has 0 aliphatic heterocycles. The molecule has 4 N–H and O–H groups in total. The molecule has 6 nitrogen and oxygen atoms in total. The van der Waals surface area contributed by atoms with Gasteiger partial charge in [-0.25, -0.2) is 4.79 Å². The zero-order valence-electron chi connectivity index (χ0n) is 12.9. The highest BCUT2D eigenvalue weighted by Crippen LogP contribution is 2.25. The van der Waals surface area contributed by atoms with E-state index in [1.165, 1.54) is 0 Å². The zero-order chi connectivity index (χ0) is 16.0. The standard InChI is InChI=1S/C15H23N3O3/c1-5-17-15(20)18-14(19)11(4)21-13-7-6-9(2)8-12(13)10(3)16/h6-8,10-11H,5,16H2,1-4H3,(H2,17,18,19,20)/t10-,11?/m0/s1. The topological polar surface area (TPSA) is 93.5 Å². The number of carbonyl (C=O) groups excluding carboxylic acids is 2. The summed E-state index contributed by atoms with van der Waals surface area (Å²) in [5.74, 6) is 0.0475. The summed E-state index contributed by atoms with van der Waals surface area (Å²) >= 11 is 0. The van der Waals surface area contributed by atoms with Gasteiger partial charge in [-0.3, -0.25) is 10.1 Å². The van der Waals surface area contributed by atoms with Crippen molar-refractivity contribution >= 4 is 11.9 Å². The van der Waals surface area contributed by atoms with Crippen molar-refractivity contribution in [2.75, 3.05) is 6.54 Å². The van der Waals surface area contributed by atoms with Crippen molar-refractivity contribution < 1.29 is 14.3 Å². The first kappa shape index (κ1) is 17.0. The van der Waals surface area contributed by atoms with E-state index in [1.807, 2.05) is 26.0 Å². The fourth-order valence-electron chi connectivity index (χ4n) is 1.79. The second-order valence-corrected chi connectivity index (χ2v) is 4.94. The average Bonchev–Trinajstić information content (AvgIpc) is 2.40. The highest BCUT2D eigenvalue weighted by Gasteiger charge is 2.19. The molecule has 6 heteroatoms. The quantitative estimate of drug-likeness (QED) is 0.769. The fraction of sp³-hybridized carbons (Fsp3) is 0.467. The first-order valence-electron chi connectivity index (χ1n) is 6.96. The molecule has 2 atom stereocenters. The molecular formula is C15H23N3O3. The molecule has 0 aromatic heterocycles. The molecule has 0 aliphatic carbocycles. The summed E-state index contributed by atoms with van der Waals surface area (Å²) in [6, 6.07) is 4.85. The Morgan fingerprint density at radius 1 is 1.33 bits per heavy atom. The summed E-state index contributed by atoms with van der Waals surface area (Å²) < 4.78 is 5.63. The van der Waals surface area contributed by atoms with Crippen LogP contribution in [-0.4, -0.2) is 24.6 Å². The molecule has 1 aromatic rings. The lowest BCUT2D eigenvalue weighted by Gasteiger charge is -2.19. The largest absolute Gasteiger partial charge is 0.481 e. The molecule has 116 valence electrons. The van der Waals surface area contributed by atoms with Crippen molar-refractivity contribution in [2.24, 2.45) is 5.73 Å². The van der Waals surface area contributed by atoms with Crippen LogP contribution in [0.2, 0.25) is 0 Å². The summed E-state index contributed by atoms with van der Waals surface area (Å²) in [6.45, 7) is 7.60. The van der Waals surface area contributed by atoms with Gasteiger partial charge in [0.25, 0.3) is 5.91 Å². The summed E-state index contributed by atoms with van der Waals surface area (Å²) in [4.78, 5) is 23.2. The third-order valence-corrected chi connectivity index (χ3v) is 2.90. The molecule has 1 unspecified atom stereocenters. The van der Waals surface area contributed by atoms with Gasteiger partial charge in [0.2, 0.25) is 0 Å². The third kappa shape index (κ3) is 5.07. The molecule has 0 heterocycles. The number of hydrogen-bond acceptors (Lipinski definition) is 4. The van der Waals surface area contributed by atoms with Crippen LogP contribution >= 0.6 is 0 Å². The van der Waals surface area contributed by atoms with Crippen LogP contribution in [0.1, 0.15) is 37.9 Å². The van der Waals surface area contributed by atoms with E-state index >= 15 is 0 Å². The Balaban J connectivity index is 2.76. The van der Waals surface area contributed by atoms with Crippen LogP contribution in [0.25, 0.3) is 0 Å². The van der Waals surface area contributed by atoms with Gasteiger partial charge in [0, 0.05) is 18.2 Å². The van der Waals surface area contributed by atoms with Crippen molar-refractivity contribution in [2.45, 2.75) is 39.8 Å². The summed E-state index contributed by atoms with van der Waals surface area (Å²) in [7, 11) is 0. The highest BCUT2D eigenvalue weighted by molar-refractivity contribution is 5.96. The fourth-order valence-corrected chi connectivity index (χ4v) is 1.79. The lowest BCUT2D eigenvalue weighted by atomic mass is 10.1. The van der Waals surface area contributed by atoms with Gasteiger partial charge in [-0.05, 0) is 33.8 Å². The molecule has 0 radical (unpaired) electrons. The number of hydrogen-bond donors (Lipinski definition) is 3. The number of aryl methyl sites for hydroxylation is 1. The normalized spacial score (nSPS) is 13.2. The van der Waals surface area contributed by atoms with E-state index in [4.69, 9.17) is 10.5 Å². The van der Waals surface area contributed by atoms with Crippen molar-refractivity contribution in [3.05, 3.63) is 29.3 Å². The highest BCUT2D eigenvalue weighted by atomic mass is 16.5. The molecule has 0 aliphatic rings. The Morgan fingerprint density at radius 2 is 2.00 bits per heavy atom. The number of imide groups is 1. The van der Waals surface area contributed by atoms with Crippen LogP contribution in [0.15, 0.2) is 18.2 Å². The minimum atomic E-state index is -0.798. The molecule has 0 saturated carbocycles. The molecule has 0 saturated heterocycles. The van der Waals surface area contributed by atoms with E-state index in [0.717, 1.165) is 11.1 Å². The molecule has 3 amide bonds. The lowest BCUT2D eigenvalue weighted by molar-refractivity contribution is -0.126. The Morgan fingerprint density at radius 3 is 2.57 bits per heavy atom. The first-order chi connectivity index (χ1) is 9.85. The van der Waals surface area contributed by atoms with Gasteiger partial charge in [-0.15, -0.1) is 0 Å². The van der Waals surface area contributed by atoms with Crippen molar-refractivity contribution in [3.63, 3.8) is 0 Å².